The van der Waals surface area contributed by atoms with Crippen LogP contribution in [-0.2, 0) is 14.8 Å². The number of halogens is 2. The van der Waals surface area contributed by atoms with Gasteiger partial charge in [-0.3, -0.25) is 4.79 Å². The third-order valence-electron chi connectivity index (χ3n) is 2.80. The second-order valence-corrected chi connectivity index (χ2v) is 7.56. The fourth-order valence-corrected chi connectivity index (χ4v) is 3.85. The average Bonchev–Trinajstić information content (AvgIpc) is 2.39. The van der Waals surface area contributed by atoms with Gasteiger partial charge in [0.15, 0.2) is 0 Å². The maximum atomic E-state index is 12.3. The van der Waals surface area contributed by atoms with Gasteiger partial charge in [0.25, 0.3) is 0 Å². The molecule has 6 nitrogen and oxygen atoms in total. The van der Waals surface area contributed by atoms with Crippen LogP contribution in [0.5, 0.6) is 5.75 Å². The van der Waals surface area contributed by atoms with Gasteiger partial charge in [0, 0.05) is 6.07 Å². The van der Waals surface area contributed by atoms with Gasteiger partial charge in [0.2, 0.25) is 10.0 Å². The molecule has 0 saturated heterocycles. The maximum absolute atomic E-state index is 12.3. The molecule has 22 heavy (non-hydrogen) atoms. The molecule has 1 aromatic carbocycles. The molecule has 0 amide bonds. The Morgan fingerprint density at radius 1 is 1.32 bits per heavy atom. The molecular formula is C13H17Cl2NO5S. The molecule has 0 fully saturated rings. The fourth-order valence-electron chi connectivity index (χ4n) is 1.79. The van der Waals surface area contributed by atoms with E-state index in [-0.39, 0.29) is 33.0 Å². The highest BCUT2D eigenvalue weighted by molar-refractivity contribution is 7.89. The van der Waals surface area contributed by atoms with Crippen molar-refractivity contribution in [3.05, 3.63) is 22.2 Å². The molecule has 0 aliphatic carbocycles. The number of hydrogen-bond donors (Lipinski definition) is 2. The molecule has 0 aliphatic heterocycles. The van der Waals surface area contributed by atoms with Gasteiger partial charge in [-0.05, 0) is 18.4 Å². The van der Waals surface area contributed by atoms with Crippen LogP contribution in [-0.4, -0.2) is 32.6 Å². The largest absolute Gasteiger partial charge is 0.495 e. The third kappa shape index (κ3) is 4.74. The van der Waals surface area contributed by atoms with E-state index in [1.54, 1.807) is 13.8 Å². The molecule has 0 aromatic heterocycles. The lowest BCUT2D eigenvalue weighted by Crippen LogP contribution is -2.41. The van der Waals surface area contributed by atoms with Crippen molar-refractivity contribution in [3.63, 3.8) is 0 Å². The summed E-state index contributed by atoms with van der Waals surface area (Å²) in [4.78, 5) is 10.9. The van der Waals surface area contributed by atoms with Gasteiger partial charge in [0.05, 0.1) is 17.2 Å². The van der Waals surface area contributed by atoms with Gasteiger partial charge >= 0.3 is 5.97 Å². The summed E-state index contributed by atoms with van der Waals surface area (Å²) in [6.07, 6.45) is 0.149. The summed E-state index contributed by atoms with van der Waals surface area (Å²) in [5.41, 5.74) is 0. The molecule has 124 valence electrons. The Hall–Kier alpha value is -1.02. The van der Waals surface area contributed by atoms with Crippen molar-refractivity contribution in [1.29, 1.82) is 0 Å². The quantitative estimate of drug-likeness (QED) is 0.770. The molecule has 9 heteroatoms. The number of rotatable bonds is 7. The minimum Gasteiger partial charge on any atom is -0.495 e. The van der Waals surface area contributed by atoms with Gasteiger partial charge < -0.3 is 9.84 Å². The molecule has 0 radical (unpaired) electrons. The zero-order valence-corrected chi connectivity index (χ0v) is 14.6. The number of carboxylic acids is 1. The second-order valence-electron chi connectivity index (χ2n) is 5.06. The van der Waals surface area contributed by atoms with Crippen LogP contribution < -0.4 is 9.46 Å². The highest BCUT2D eigenvalue weighted by atomic mass is 35.5. The number of carboxylic acid groups (broad SMARTS) is 1. The first-order valence-electron chi connectivity index (χ1n) is 6.36. The Labute approximate surface area is 139 Å². The number of hydrogen-bond acceptors (Lipinski definition) is 4. The van der Waals surface area contributed by atoms with Crippen LogP contribution in [0.4, 0.5) is 0 Å². The minimum atomic E-state index is -4.13. The van der Waals surface area contributed by atoms with Gasteiger partial charge in [0.1, 0.15) is 16.7 Å². The van der Waals surface area contributed by atoms with E-state index in [0.29, 0.717) is 0 Å². The number of benzene rings is 1. The second kappa shape index (κ2) is 7.50. The minimum absolute atomic E-state index is 0.00118. The van der Waals surface area contributed by atoms with Crippen LogP contribution >= 0.6 is 23.2 Å². The fraction of sp³-hybridized carbons (Fsp3) is 0.462. The van der Waals surface area contributed by atoms with E-state index in [9.17, 15) is 13.2 Å². The highest BCUT2D eigenvalue weighted by Gasteiger charge is 2.28. The number of ether oxygens (including phenoxy) is 1. The molecule has 0 heterocycles. The molecular weight excluding hydrogens is 353 g/mol. The molecule has 0 saturated carbocycles. The molecule has 1 aromatic rings. The van der Waals surface area contributed by atoms with E-state index in [4.69, 9.17) is 33.0 Å². The lowest BCUT2D eigenvalue weighted by Gasteiger charge is -2.17. The molecule has 0 aliphatic rings. The van der Waals surface area contributed by atoms with Crippen LogP contribution in [0.15, 0.2) is 17.0 Å². The van der Waals surface area contributed by atoms with Gasteiger partial charge in [-0.1, -0.05) is 37.0 Å². The molecule has 1 rings (SSSR count). The maximum Gasteiger partial charge on any atom is 0.321 e. The van der Waals surface area contributed by atoms with Gasteiger partial charge in [-0.15, -0.1) is 0 Å². The van der Waals surface area contributed by atoms with E-state index in [1.807, 2.05) is 0 Å². The Morgan fingerprint density at radius 3 is 2.36 bits per heavy atom. The summed E-state index contributed by atoms with van der Waals surface area (Å²) in [6, 6.07) is 1.14. The average molecular weight is 370 g/mol. The van der Waals surface area contributed by atoms with Gasteiger partial charge in [-0.25, -0.2) is 8.42 Å². The Bertz CT molecular complexity index is 661. The van der Waals surface area contributed by atoms with Crippen LogP contribution in [0.25, 0.3) is 0 Å². The van der Waals surface area contributed by atoms with E-state index >= 15 is 0 Å². The Morgan fingerprint density at radius 2 is 1.91 bits per heavy atom. The predicted octanol–water partition coefficient (Wildman–Crippen LogP) is 2.78. The smallest absolute Gasteiger partial charge is 0.321 e. The lowest BCUT2D eigenvalue weighted by molar-refractivity contribution is -0.139. The number of sulfonamides is 1. The molecule has 0 bridgehead atoms. The van der Waals surface area contributed by atoms with Crippen molar-refractivity contribution in [3.8, 4) is 5.75 Å². The normalized spacial score (nSPS) is 13.2. The van der Waals surface area contributed by atoms with E-state index in [1.165, 1.54) is 13.2 Å². The van der Waals surface area contributed by atoms with Crippen LogP contribution in [0.3, 0.4) is 0 Å². The van der Waals surface area contributed by atoms with Crippen molar-refractivity contribution in [2.45, 2.75) is 31.2 Å². The van der Waals surface area contributed by atoms with Crippen molar-refractivity contribution in [1.82, 2.24) is 4.72 Å². The molecule has 1 unspecified atom stereocenters. The first-order valence-corrected chi connectivity index (χ1v) is 8.60. The summed E-state index contributed by atoms with van der Waals surface area (Å²) < 4.78 is 31.8. The van der Waals surface area contributed by atoms with E-state index < -0.39 is 22.0 Å². The van der Waals surface area contributed by atoms with Crippen LogP contribution in [0.1, 0.15) is 20.3 Å². The number of methoxy groups -OCH3 is 1. The highest BCUT2D eigenvalue weighted by Crippen LogP contribution is 2.33. The summed E-state index contributed by atoms with van der Waals surface area (Å²) in [5, 5.41) is 9.08. The summed E-state index contributed by atoms with van der Waals surface area (Å²) >= 11 is 11.8. The van der Waals surface area contributed by atoms with E-state index in [2.05, 4.69) is 4.72 Å². The Balaban J connectivity index is 3.18. The topological polar surface area (TPSA) is 92.7 Å². The van der Waals surface area contributed by atoms with Crippen molar-refractivity contribution in [2.75, 3.05) is 7.11 Å². The lowest BCUT2D eigenvalue weighted by atomic mass is 10.1. The Kier molecular flexibility index (Phi) is 6.49. The first-order chi connectivity index (χ1) is 10.1. The van der Waals surface area contributed by atoms with Crippen LogP contribution in [0.2, 0.25) is 10.0 Å². The first kappa shape index (κ1) is 19.0. The number of carbonyl (C=O) groups is 1. The van der Waals surface area contributed by atoms with Crippen molar-refractivity contribution >= 4 is 39.2 Å². The van der Waals surface area contributed by atoms with E-state index in [0.717, 1.165) is 6.07 Å². The van der Waals surface area contributed by atoms with Crippen molar-refractivity contribution in [2.24, 2.45) is 5.92 Å². The third-order valence-corrected chi connectivity index (χ3v) is 5.03. The molecule has 1 atom stereocenters. The zero-order valence-electron chi connectivity index (χ0n) is 12.3. The SMILES string of the molecule is COc1cc(Cl)c(S(=O)(=O)NC(CC(C)C)C(=O)O)cc1Cl. The van der Waals surface area contributed by atoms with Gasteiger partial charge in [-0.2, -0.15) is 4.72 Å². The predicted molar refractivity (Wildman–Crippen MR) is 84.2 cm³/mol. The number of aliphatic carboxylic acids is 1. The monoisotopic (exact) mass is 369 g/mol. The standard InChI is InChI=1S/C13H17Cl2NO5S/c1-7(2)4-10(13(17)18)16-22(19,20)12-6-8(14)11(21-3)5-9(12)15/h5-7,10,16H,4H2,1-3H3,(H,17,18). The zero-order chi connectivity index (χ0) is 17.1. The van der Waals surface area contributed by atoms with Crippen LogP contribution in [0, 0.1) is 5.92 Å². The summed E-state index contributed by atoms with van der Waals surface area (Å²) in [5.74, 6) is -1.03. The summed E-state index contributed by atoms with van der Waals surface area (Å²) in [7, 11) is -2.76. The molecule has 0 spiro atoms. The van der Waals surface area contributed by atoms with Crippen molar-refractivity contribution < 1.29 is 23.1 Å². The summed E-state index contributed by atoms with van der Waals surface area (Å²) in [6.45, 7) is 3.59. The number of nitrogens with one attached hydrogen (secondary N) is 1. The molecule has 2 N–H and O–H groups in total.